The zero-order chi connectivity index (χ0) is 23.8. The zero-order valence-electron chi connectivity index (χ0n) is 19.4. The monoisotopic (exact) mass is 440 g/mol. The highest BCUT2D eigenvalue weighted by Gasteiger charge is 2.15. The van der Waals surface area contributed by atoms with Crippen LogP contribution in [-0.4, -0.2) is 28.2 Å². The second-order valence-electron chi connectivity index (χ2n) is 8.52. The molecular weight excluding hydrogens is 412 g/mol. The lowest BCUT2D eigenvalue weighted by Crippen LogP contribution is -2.33. The van der Waals surface area contributed by atoms with Gasteiger partial charge in [0.1, 0.15) is 17.4 Å². The van der Waals surface area contributed by atoms with Crippen LogP contribution in [0.3, 0.4) is 0 Å². The molecule has 0 unspecified atom stereocenters. The maximum Gasteiger partial charge on any atom is 0.407 e. The van der Waals surface area contributed by atoms with Gasteiger partial charge in [0.25, 0.3) is 0 Å². The molecule has 6 nitrogen and oxygen atoms in total. The molecule has 0 aliphatic rings. The maximum absolute atomic E-state index is 11.9. The number of alkyl carbamates (subject to hydrolysis) is 1. The smallest absolute Gasteiger partial charge is 0.407 e. The number of hydrogen-bond acceptors (Lipinski definition) is 5. The van der Waals surface area contributed by atoms with Gasteiger partial charge in [-0.25, -0.2) is 14.8 Å². The fourth-order valence-electron chi connectivity index (χ4n) is 3.25. The molecule has 3 rings (SSSR count). The Hall–Kier alpha value is -3.98. The van der Waals surface area contributed by atoms with E-state index < -0.39 is 11.7 Å². The number of carbonyl (C=O) groups is 1. The van der Waals surface area contributed by atoms with E-state index in [9.17, 15) is 10.1 Å². The van der Waals surface area contributed by atoms with Gasteiger partial charge in [-0.1, -0.05) is 55.0 Å². The Morgan fingerprint density at radius 2 is 1.97 bits per heavy atom. The van der Waals surface area contributed by atoms with Crippen LogP contribution >= 0.6 is 0 Å². The minimum absolute atomic E-state index is 0.356. The zero-order valence-corrected chi connectivity index (χ0v) is 19.4. The van der Waals surface area contributed by atoms with Crippen molar-refractivity contribution in [1.29, 1.82) is 5.26 Å². The molecule has 0 spiro atoms. The lowest BCUT2D eigenvalue weighted by Gasteiger charge is -2.19. The minimum atomic E-state index is -0.531. The molecule has 1 N–H and O–H groups in total. The van der Waals surface area contributed by atoms with E-state index in [1.165, 1.54) is 0 Å². The van der Waals surface area contributed by atoms with Gasteiger partial charge in [-0.15, -0.1) is 0 Å². The van der Waals surface area contributed by atoms with Gasteiger partial charge in [0.2, 0.25) is 0 Å². The van der Waals surface area contributed by atoms with Gasteiger partial charge >= 0.3 is 6.09 Å². The summed E-state index contributed by atoms with van der Waals surface area (Å²) in [5.41, 5.74) is 4.30. The highest BCUT2D eigenvalue weighted by molar-refractivity contribution is 5.90. The number of nitrogens with zero attached hydrogens (tertiary/aromatic N) is 3. The lowest BCUT2D eigenvalue weighted by molar-refractivity contribution is 0.0532. The average molecular weight is 441 g/mol. The maximum atomic E-state index is 11.9. The Morgan fingerprint density at radius 1 is 1.21 bits per heavy atom. The predicted octanol–water partition coefficient (Wildman–Crippen LogP) is 6.04. The van der Waals surface area contributed by atoms with E-state index in [0.29, 0.717) is 17.8 Å². The van der Waals surface area contributed by atoms with E-state index in [4.69, 9.17) is 9.72 Å². The Bertz CT molecular complexity index is 1230. The summed E-state index contributed by atoms with van der Waals surface area (Å²) in [5, 5.41) is 13.0. The number of nitriles is 1. The normalized spacial score (nSPS) is 12.0. The standard InChI is InChI=1S/C27H28N4O2/c1-5-19(18-30-26(32)33-27(2,3)4)10-9-13-23-21(20-11-7-6-8-12-20)16-22-24(31-23)14-15-29-25(22)17-28/h6-16H,5,18H2,1-4H3,(H,30,32)/b13-9+,19-10+. The number of ether oxygens (including phenoxy) is 1. The predicted molar refractivity (Wildman–Crippen MR) is 131 cm³/mol. The van der Waals surface area contributed by atoms with Crippen LogP contribution in [0, 0.1) is 11.3 Å². The first-order valence-corrected chi connectivity index (χ1v) is 10.9. The van der Waals surface area contributed by atoms with E-state index in [-0.39, 0.29) is 0 Å². The summed E-state index contributed by atoms with van der Waals surface area (Å²) in [4.78, 5) is 20.9. The average Bonchev–Trinajstić information content (AvgIpc) is 2.79. The highest BCUT2D eigenvalue weighted by atomic mass is 16.6. The van der Waals surface area contributed by atoms with Gasteiger partial charge in [-0.05, 0) is 51.0 Å². The Morgan fingerprint density at radius 3 is 2.64 bits per heavy atom. The molecule has 2 aromatic heterocycles. The summed E-state index contributed by atoms with van der Waals surface area (Å²) < 4.78 is 5.30. The van der Waals surface area contributed by atoms with Crippen molar-refractivity contribution in [3.63, 3.8) is 0 Å². The molecule has 0 bridgehead atoms. The lowest BCUT2D eigenvalue weighted by atomic mass is 10.0. The van der Waals surface area contributed by atoms with E-state index in [0.717, 1.165) is 34.2 Å². The summed E-state index contributed by atoms with van der Waals surface area (Å²) in [6.45, 7) is 7.95. The molecule has 0 saturated carbocycles. The van der Waals surface area contributed by atoms with Gasteiger partial charge in [0.15, 0.2) is 0 Å². The third-order valence-electron chi connectivity index (χ3n) is 4.86. The number of hydrogen-bond donors (Lipinski definition) is 1. The van der Waals surface area contributed by atoms with Crippen molar-refractivity contribution in [2.45, 2.75) is 39.7 Å². The molecular formula is C27H28N4O2. The molecule has 0 radical (unpaired) electrons. The van der Waals surface area contributed by atoms with Gasteiger partial charge in [0, 0.05) is 23.7 Å². The van der Waals surface area contributed by atoms with Crippen molar-refractivity contribution in [2.24, 2.45) is 0 Å². The van der Waals surface area contributed by atoms with Crippen LogP contribution in [0.5, 0.6) is 0 Å². The molecule has 0 aliphatic heterocycles. The molecule has 33 heavy (non-hydrogen) atoms. The molecule has 2 heterocycles. The number of benzene rings is 1. The fraction of sp³-hybridized carbons (Fsp3) is 0.259. The first-order chi connectivity index (χ1) is 15.8. The molecule has 3 aromatic rings. The Balaban J connectivity index is 1.90. The molecule has 0 aliphatic carbocycles. The van der Waals surface area contributed by atoms with Gasteiger partial charge < -0.3 is 10.1 Å². The first-order valence-electron chi connectivity index (χ1n) is 10.9. The number of carbonyl (C=O) groups excluding carboxylic acids is 1. The minimum Gasteiger partial charge on any atom is -0.444 e. The molecule has 1 aromatic carbocycles. The number of amides is 1. The van der Waals surface area contributed by atoms with Crippen molar-refractivity contribution < 1.29 is 9.53 Å². The summed E-state index contributed by atoms with van der Waals surface area (Å²) in [6, 6.07) is 15.9. The Kier molecular flexibility index (Phi) is 7.57. The molecule has 0 fully saturated rings. The van der Waals surface area contributed by atoms with Gasteiger partial charge in [-0.3, -0.25) is 0 Å². The number of rotatable bonds is 6. The van der Waals surface area contributed by atoms with Crippen LogP contribution in [0.25, 0.3) is 28.1 Å². The van der Waals surface area contributed by atoms with Crippen molar-refractivity contribution in [2.75, 3.05) is 6.54 Å². The Labute approximate surface area is 194 Å². The SMILES string of the molecule is CC/C(=C\C=C\c1nc2ccnc(C#N)c2cc1-c1ccccc1)CNC(=O)OC(C)(C)C. The molecule has 168 valence electrons. The fourth-order valence-corrected chi connectivity index (χ4v) is 3.25. The number of fused-ring (bicyclic) bond motifs is 1. The van der Waals surface area contributed by atoms with Crippen LogP contribution in [0.4, 0.5) is 4.79 Å². The summed E-state index contributed by atoms with van der Waals surface area (Å²) in [5.74, 6) is 0. The van der Waals surface area contributed by atoms with Crippen molar-refractivity contribution in [1.82, 2.24) is 15.3 Å². The number of nitrogens with one attached hydrogen (secondary N) is 1. The van der Waals surface area contributed by atoms with Gasteiger partial charge in [0.05, 0.1) is 11.2 Å². The summed E-state index contributed by atoms with van der Waals surface area (Å²) in [6.07, 6.45) is 7.80. The quantitative estimate of drug-likeness (QED) is 0.472. The number of allylic oxidation sites excluding steroid dienone is 2. The summed E-state index contributed by atoms with van der Waals surface area (Å²) >= 11 is 0. The largest absolute Gasteiger partial charge is 0.444 e. The van der Waals surface area contributed by atoms with Crippen LogP contribution in [0.1, 0.15) is 45.5 Å². The highest BCUT2D eigenvalue weighted by Crippen LogP contribution is 2.28. The third-order valence-corrected chi connectivity index (χ3v) is 4.86. The number of pyridine rings is 2. The van der Waals surface area contributed by atoms with E-state index in [1.807, 2.05) is 82.3 Å². The van der Waals surface area contributed by atoms with E-state index in [1.54, 1.807) is 12.3 Å². The van der Waals surface area contributed by atoms with Crippen LogP contribution in [-0.2, 0) is 4.74 Å². The molecule has 1 amide bonds. The number of aromatic nitrogens is 2. The van der Waals surface area contributed by atoms with Crippen molar-refractivity contribution in [3.05, 3.63) is 77.8 Å². The second kappa shape index (κ2) is 10.6. The molecule has 0 saturated heterocycles. The summed E-state index contributed by atoms with van der Waals surface area (Å²) in [7, 11) is 0. The molecule has 0 atom stereocenters. The van der Waals surface area contributed by atoms with E-state index >= 15 is 0 Å². The van der Waals surface area contributed by atoms with E-state index in [2.05, 4.69) is 16.4 Å². The molecule has 6 heteroatoms. The third kappa shape index (κ3) is 6.50. The first kappa shape index (κ1) is 23.7. The van der Waals surface area contributed by atoms with Crippen LogP contribution in [0.15, 0.2) is 66.4 Å². The topological polar surface area (TPSA) is 87.9 Å². The van der Waals surface area contributed by atoms with Gasteiger partial charge in [-0.2, -0.15) is 5.26 Å². The van der Waals surface area contributed by atoms with Crippen molar-refractivity contribution in [3.8, 4) is 17.2 Å². The van der Waals surface area contributed by atoms with Crippen molar-refractivity contribution >= 4 is 23.1 Å². The van der Waals surface area contributed by atoms with Crippen LogP contribution in [0.2, 0.25) is 0 Å². The second-order valence-corrected chi connectivity index (χ2v) is 8.52. The van der Waals surface area contributed by atoms with Crippen LogP contribution < -0.4 is 5.32 Å².